The van der Waals surface area contributed by atoms with Crippen LogP contribution in [0.5, 0.6) is 0 Å². The molecule has 6 nitrogen and oxygen atoms in total. The Morgan fingerprint density at radius 1 is 1.04 bits per heavy atom. The summed E-state index contributed by atoms with van der Waals surface area (Å²) in [7, 11) is 0. The Balaban J connectivity index is 1.52. The maximum absolute atomic E-state index is 11.1. The summed E-state index contributed by atoms with van der Waals surface area (Å²) in [6.45, 7) is 1.50. The predicted molar refractivity (Wildman–Crippen MR) is 94.7 cm³/mol. The number of hydrogen-bond acceptors (Lipinski definition) is 5. The van der Waals surface area contributed by atoms with Gasteiger partial charge >= 0.3 is 0 Å². The molecule has 1 aromatic carbocycles. The average molecular weight is 323 g/mol. The molecule has 1 aromatic heterocycles. The van der Waals surface area contributed by atoms with E-state index in [1.807, 2.05) is 30.3 Å². The van der Waals surface area contributed by atoms with E-state index in [0.717, 1.165) is 28.8 Å². The topological polar surface area (TPSA) is 78.9 Å². The fraction of sp³-hybridized carbons (Fsp3) is 0.389. The van der Waals surface area contributed by atoms with Crippen LogP contribution in [0.3, 0.4) is 0 Å². The van der Waals surface area contributed by atoms with E-state index in [1.165, 1.54) is 32.6 Å². The van der Waals surface area contributed by atoms with Crippen LogP contribution < -0.4 is 16.0 Å². The highest BCUT2D eigenvalue weighted by atomic mass is 16.1. The highest BCUT2D eigenvalue weighted by molar-refractivity contribution is 5.88. The summed E-state index contributed by atoms with van der Waals surface area (Å²) in [5.74, 6) is 2.04. The van der Waals surface area contributed by atoms with Crippen molar-refractivity contribution in [3.8, 4) is 0 Å². The Morgan fingerprint density at radius 2 is 1.75 bits per heavy atom. The molecule has 124 valence electrons. The van der Waals surface area contributed by atoms with Gasteiger partial charge in [0.2, 0.25) is 11.9 Å². The molecule has 0 atom stereocenters. The normalized spacial score (nSPS) is 16.5. The highest BCUT2D eigenvalue weighted by Crippen LogP contribution is 2.40. The number of carbonyl (C=O) groups is 1. The summed E-state index contributed by atoms with van der Waals surface area (Å²) >= 11 is 0. The van der Waals surface area contributed by atoms with Crippen LogP contribution in [0.2, 0.25) is 0 Å². The van der Waals surface area contributed by atoms with Gasteiger partial charge in [-0.3, -0.25) is 4.79 Å². The minimum Gasteiger partial charge on any atom is -0.351 e. The number of hydrogen-bond donors (Lipinski definition) is 3. The summed E-state index contributed by atoms with van der Waals surface area (Å²) in [6.07, 6.45) is 4.82. The first-order chi connectivity index (χ1) is 11.7. The summed E-state index contributed by atoms with van der Waals surface area (Å²) in [5, 5.41) is 9.49. The largest absolute Gasteiger partial charge is 0.351 e. The molecular formula is C18H21N5O. The van der Waals surface area contributed by atoms with E-state index in [1.54, 1.807) is 0 Å². The molecule has 0 radical (unpaired) electrons. The predicted octanol–water partition coefficient (Wildman–Crippen LogP) is 3.63. The molecular weight excluding hydrogens is 302 g/mol. The van der Waals surface area contributed by atoms with Crippen molar-refractivity contribution in [3.05, 3.63) is 36.0 Å². The van der Waals surface area contributed by atoms with E-state index in [0.29, 0.717) is 12.0 Å². The molecule has 0 spiro atoms. The Bertz CT molecular complexity index is 751. The first-order valence-electron chi connectivity index (χ1n) is 8.46. The number of carbonyl (C=O) groups excluding carboxylic acids is 1. The van der Waals surface area contributed by atoms with Crippen LogP contribution >= 0.6 is 0 Å². The van der Waals surface area contributed by atoms with Gasteiger partial charge in [-0.15, -0.1) is 0 Å². The van der Waals surface area contributed by atoms with Crippen LogP contribution in [0.15, 0.2) is 30.3 Å². The van der Waals surface area contributed by atoms with E-state index in [9.17, 15) is 4.79 Å². The minimum atomic E-state index is -0.0728. The molecule has 2 aliphatic carbocycles. The molecule has 6 heteroatoms. The van der Waals surface area contributed by atoms with Crippen LogP contribution in [0, 0.1) is 0 Å². The first kappa shape index (κ1) is 14.9. The molecule has 0 aliphatic heterocycles. The number of nitrogens with one attached hydrogen (secondary N) is 3. The van der Waals surface area contributed by atoms with Gasteiger partial charge < -0.3 is 16.0 Å². The SMILES string of the molecule is CC(=O)Nc1ccc(Nc2cc(C3CC3)nc(NC3CC3)n2)cc1. The van der Waals surface area contributed by atoms with Crippen molar-refractivity contribution < 1.29 is 4.79 Å². The van der Waals surface area contributed by atoms with Crippen LogP contribution in [-0.4, -0.2) is 21.9 Å². The van der Waals surface area contributed by atoms with E-state index in [-0.39, 0.29) is 5.91 Å². The van der Waals surface area contributed by atoms with Crippen molar-refractivity contribution in [1.82, 2.24) is 9.97 Å². The standard InChI is InChI=1S/C18H21N5O/c1-11(24)19-13-4-6-14(7-5-13)20-17-10-16(12-2-3-12)22-18(23-17)21-15-8-9-15/h4-7,10,12,15H,2-3,8-9H2,1H3,(H,19,24)(H2,20,21,22,23). The van der Waals surface area contributed by atoms with Crippen molar-refractivity contribution in [3.63, 3.8) is 0 Å². The van der Waals surface area contributed by atoms with E-state index >= 15 is 0 Å². The maximum Gasteiger partial charge on any atom is 0.225 e. The molecule has 0 bridgehead atoms. The van der Waals surface area contributed by atoms with Gasteiger partial charge in [0, 0.05) is 36.3 Å². The fourth-order valence-electron chi connectivity index (χ4n) is 2.58. The minimum absolute atomic E-state index is 0.0728. The number of anilines is 4. The highest BCUT2D eigenvalue weighted by Gasteiger charge is 2.27. The van der Waals surface area contributed by atoms with E-state index in [4.69, 9.17) is 0 Å². The molecule has 3 N–H and O–H groups in total. The molecule has 2 aliphatic rings. The Hall–Kier alpha value is -2.63. The van der Waals surface area contributed by atoms with Crippen molar-refractivity contribution in [2.75, 3.05) is 16.0 Å². The first-order valence-corrected chi connectivity index (χ1v) is 8.46. The second kappa shape index (κ2) is 6.11. The second-order valence-electron chi connectivity index (χ2n) is 6.58. The molecule has 1 amide bonds. The zero-order chi connectivity index (χ0) is 16.5. The van der Waals surface area contributed by atoms with Crippen molar-refractivity contribution in [1.29, 1.82) is 0 Å². The number of rotatable bonds is 6. The smallest absolute Gasteiger partial charge is 0.225 e. The van der Waals surface area contributed by atoms with Gasteiger partial charge in [0.25, 0.3) is 0 Å². The van der Waals surface area contributed by atoms with Crippen LogP contribution in [0.1, 0.15) is 44.2 Å². The monoisotopic (exact) mass is 323 g/mol. The van der Waals surface area contributed by atoms with Gasteiger partial charge in [-0.1, -0.05) is 0 Å². The lowest BCUT2D eigenvalue weighted by atomic mass is 10.2. The molecule has 2 fully saturated rings. The number of benzene rings is 1. The summed E-state index contributed by atoms with van der Waals surface area (Å²) < 4.78 is 0. The van der Waals surface area contributed by atoms with Gasteiger partial charge in [-0.25, -0.2) is 4.98 Å². The zero-order valence-corrected chi connectivity index (χ0v) is 13.7. The number of amides is 1. The van der Waals surface area contributed by atoms with Crippen molar-refractivity contribution >= 4 is 29.0 Å². The summed E-state index contributed by atoms with van der Waals surface area (Å²) in [4.78, 5) is 20.3. The summed E-state index contributed by atoms with van der Waals surface area (Å²) in [5.41, 5.74) is 2.83. The maximum atomic E-state index is 11.1. The Morgan fingerprint density at radius 3 is 2.38 bits per heavy atom. The van der Waals surface area contributed by atoms with Crippen LogP contribution in [0.4, 0.5) is 23.1 Å². The lowest BCUT2D eigenvalue weighted by molar-refractivity contribution is -0.114. The Kier molecular flexibility index (Phi) is 3.80. The van der Waals surface area contributed by atoms with E-state index < -0.39 is 0 Å². The lowest BCUT2D eigenvalue weighted by Crippen LogP contribution is -2.08. The second-order valence-corrected chi connectivity index (χ2v) is 6.58. The van der Waals surface area contributed by atoms with Gasteiger partial charge in [0.15, 0.2) is 0 Å². The van der Waals surface area contributed by atoms with Gasteiger partial charge in [-0.2, -0.15) is 4.98 Å². The van der Waals surface area contributed by atoms with Gasteiger partial charge in [-0.05, 0) is 49.9 Å². The molecule has 0 unspecified atom stereocenters. The third-order valence-electron chi connectivity index (χ3n) is 4.13. The quantitative estimate of drug-likeness (QED) is 0.756. The average Bonchev–Trinajstić information content (AvgIpc) is 3.43. The third kappa shape index (κ3) is 3.82. The zero-order valence-electron chi connectivity index (χ0n) is 13.7. The lowest BCUT2D eigenvalue weighted by Gasteiger charge is -2.11. The van der Waals surface area contributed by atoms with Gasteiger partial charge in [0.05, 0.1) is 5.69 Å². The van der Waals surface area contributed by atoms with Crippen molar-refractivity contribution in [2.45, 2.75) is 44.6 Å². The third-order valence-corrected chi connectivity index (χ3v) is 4.13. The molecule has 24 heavy (non-hydrogen) atoms. The Labute approximate surface area is 141 Å². The van der Waals surface area contributed by atoms with Crippen molar-refractivity contribution in [2.24, 2.45) is 0 Å². The molecule has 0 saturated heterocycles. The number of nitrogens with zero attached hydrogens (tertiary/aromatic N) is 2. The van der Waals surface area contributed by atoms with Crippen LogP contribution in [0.25, 0.3) is 0 Å². The molecule has 1 heterocycles. The molecule has 2 aromatic rings. The summed E-state index contributed by atoms with van der Waals surface area (Å²) in [6, 6.07) is 10.2. The molecule has 2 saturated carbocycles. The van der Waals surface area contributed by atoms with Crippen LogP contribution in [-0.2, 0) is 4.79 Å². The fourth-order valence-corrected chi connectivity index (χ4v) is 2.58. The molecule has 4 rings (SSSR count). The number of aromatic nitrogens is 2. The van der Waals surface area contributed by atoms with E-state index in [2.05, 4.69) is 25.9 Å². The van der Waals surface area contributed by atoms with Gasteiger partial charge in [0.1, 0.15) is 5.82 Å².